The maximum Gasteiger partial charge on any atom is 0.234 e. The van der Waals surface area contributed by atoms with E-state index in [1.54, 1.807) is 0 Å². The Morgan fingerprint density at radius 2 is 1.93 bits per heavy atom. The van der Waals surface area contributed by atoms with Crippen molar-refractivity contribution in [3.63, 3.8) is 0 Å². The van der Waals surface area contributed by atoms with Crippen LogP contribution in [-0.2, 0) is 17.6 Å². The number of nitrogens with zero attached hydrogens (tertiary/aromatic N) is 4. The Morgan fingerprint density at radius 3 is 2.63 bits per heavy atom. The van der Waals surface area contributed by atoms with E-state index in [9.17, 15) is 4.79 Å². The van der Waals surface area contributed by atoms with Gasteiger partial charge in [-0.3, -0.25) is 4.79 Å². The molecule has 0 unspecified atom stereocenters. The molecular weight excluding hydrogens is 358 g/mol. The maximum atomic E-state index is 12.1. The molecule has 4 rings (SSSR count). The quantitative estimate of drug-likeness (QED) is 0.687. The highest BCUT2D eigenvalue weighted by Gasteiger charge is 2.20. The number of anilines is 1. The number of nitrogens with one attached hydrogen (secondary N) is 1. The van der Waals surface area contributed by atoms with E-state index < -0.39 is 0 Å². The van der Waals surface area contributed by atoms with Gasteiger partial charge in [0.1, 0.15) is 5.03 Å². The predicted octanol–water partition coefficient (Wildman–Crippen LogP) is 3.50. The van der Waals surface area contributed by atoms with E-state index in [2.05, 4.69) is 27.5 Å². The smallest absolute Gasteiger partial charge is 0.234 e. The number of aromatic nitrogens is 4. The minimum absolute atomic E-state index is 0.0610. The summed E-state index contributed by atoms with van der Waals surface area (Å²) >= 11 is 1.37. The zero-order chi connectivity index (χ0) is 18.8. The minimum atomic E-state index is -0.0610. The summed E-state index contributed by atoms with van der Waals surface area (Å²) in [6.07, 6.45) is 3.32. The third-order valence-electron chi connectivity index (χ3n) is 4.69. The molecule has 1 aliphatic carbocycles. The molecule has 2 aromatic heterocycles. The lowest BCUT2D eigenvalue weighted by atomic mass is 10.2. The van der Waals surface area contributed by atoms with Crippen molar-refractivity contribution in [1.82, 2.24) is 20.0 Å². The first kappa shape index (κ1) is 17.7. The van der Waals surface area contributed by atoms with Crippen LogP contribution in [0.5, 0.6) is 0 Å². The fourth-order valence-corrected chi connectivity index (χ4v) is 3.86. The van der Waals surface area contributed by atoms with Crippen LogP contribution in [0.15, 0.2) is 41.4 Å². The third kappa shape index (κ3) is 3.88. The number of benzene rings is 1. The van der Waals surface area contributed by atoms with Crippen molar-refractivity contribution in [2.45, 2.75) is 38.1 Å². The van der Waals surface area contributed by atoms with Crippen LogP contribution in [0.1, 0.15) is 28.9 Å². The van der Waals surface area contributed by atoms with Gasteiger partial charge in [0.15, 0.2) is 5.82 Å². The second kappa shape index (κ2) is 7.52. The molecule has 0 fully saturated rings. The van der Waals surface area contributed by atoms with Crippen molar-refractivity contribution < 1.29 is 4.79 Å². The van der Waals surface area contributed by atoms with Crippen LogP contribution >= 0.6 is 11.8 Å². The van der Waals surface area contributed by atoms with Crippen LogP contribution in [0.25, 0.3) is 5.82 Å². The zero-order valence-corrected chi connectivity index (χ0v) is 16.2. The molecule has 0 spiro atoms. The second-order valence-corrected chi connectivity index (χ2v) is 7.70. The lowest BCUT2D eigenvalue weighted by Gasteiger charge is -2.06. The number of fused-ring (bicyclic) bond motifs is 1. The normalized spacial score (nSPS) is 12.8. The first-order valence-electron chi connectivity index (χ1n) is 9.01. The van der Waals surface area contributed by atoms with Gasteiger partial charge in [0.25, 0.3) is 0 Å². The summed E-state index contributed by atoms with van der Waals surface area (Å²) in [5.74, 6) is 0.946. The van der Waals surface area contributed by atoms with Crippen molar-refractivity contribution in [2.75, 3.05) is 11.1 Å². The van der Waals surface area contributed by atoms with Crippen LogP contribution in [0.3, 0.4) is 0 Å². The fourth-order valence-electron chi connectivity index (χ4n) is 3.25. The number of rotatable bonds is 5. The van der Waals surface area contributed by atoms with Crippen molar-refractivity contribution in [3.05, 3.63) is 58.9 Å². The van der Waals surface area contributed by atoms with Gasteiger partial charge in [-0.2, -0.15) is 5.10 Å². The highest BCUT2D eigenvalue weighted by atomic mass is 32.2. The van der Waals surface area contributed by atoms with E-state index in [4.69, 9.17) is 0 Å². The maximum absolute atomic E-state index is 12.1. The molecule has 27 heavy (non-hydrogen) atoms. The van der Waals surface area contributed by atoms with Crippen LogP contribution < -0.4 is 5.32 Å². The summed E-state index contributed by atoms with van der Waals surface area (Å²) in [5, 5.41) is 16.8. The summed E-state index contributed by atoms with van der Waals surface area (Å²) in [6.45, 7) is 4.10. The topological polar surface area (TPSA) is 72.7 Å². The van der Waals surface area contributed by atoms with E-state index in [0.717, 1.165) is 40.6 Å². The Balaban J connectivity index is 1.37. The van der Waals surface area contributed by atoms with Crippen molar-refractivity contribution in [1.29, 1.82) is 0 Å². The van der Waals surface area contributed by atoms with Gasteiger partial charge < -0.3 is 5.32 Å². The number of aryl methyl sites for hydroxylation is 2. The van der Waals surface area contributed by atoms with Gasteiger partial charge in [-0.1, -0.05) is 29.5 Å². The van der Waals surface area contributed by atoms with E-state index >= 15 is 0 Å². The molecular formula is C20H21N5OS. The second-order valence-electron chi connectivity index (χ2n) is 6.71. The standard InChI is InChI=1S/C20H21N5OS/c1-13-6-8-15(9-7-13)21-19(26)12-27-20-11-10-18(22-23-20)25-14(2)16-4-3-5-17(16)24-25/h6-11H,3-5,12H2,1-2H3,(H,21,26). The van der Waals surface area contributed by atoms with Gasteiger partial charge >= 0.3 is 0 Å². The molecule has 1 aliphatic rings. The fraction of sp³-hybridized carbons (Fsp3) is 0.300. The zero-order valence-electron chi connectivity index (χ0n) is 15.4. The molecule has 0 saturated heterocycles. The first-order valence-corrected chi connectivity index (χ1v) is 9.99. The molecule has 0 atom stereocenters. The van der Waals surface area contributed by atoms with Crippen molar-refractivity contribution in [2.24, 2.45) is 0 Å². The molecule has 2 heterocycles. The molecule has 3 aromatic rings. The van der Waals surface area contributed by atoms with Crippen LogP contribution in [0.2, 0.25) is 0 Å². The van der Waals surface area contributed by atoms with E-state index in [-0.39, 0.29) is 11.7 Å². The molecule has 0 aliphatic heterocycles. The van der Waals surface area contributed by atoms with Gasteiger partial charge in [0, 0.05) is 11.4 Å². The summed E-state index contributed by atoms with van der Waals surface area (Å²) in [7, 11) is 0. The summed E-state index contributed by atoms with van der Waals surface area (Å²) in [6, 6.07) is 11.5. The minimum Gasteiger partial charge on any atom is -0.325 e. The Hall–Kier alpha value is -2.67. The predicted molar refractivity (Wildman–Crippen MR) is 106 cm³/mol. The molecule has 1 amide bonds. The summed E-state index contributed by atoms with van der Waals surface area (Å²) in [5.41, 5.74) is 5.64. The molecule has 138 valence electrons. The van der Waals surface area contributed by atoms with Crippen molar-refractivity contribution in [3.8, 4) is 5.82 Å². The van der Waals surface area contributed by atoms with Gasteiger partial charge in [0.05, 0.1) is 11.4 Å². The molecule has 7 heteroatoms. The number of hydrogen-bond donors (Lipinski definition) is 1. The van der Waals surface area contributed by atoms with Gasteiger partial charge in [-0.05, 0) is 62.9 Å². The number of thioether (sulfide) groups is 1. The lowest BCUT2D eigenvalue weighted by Crippen LogP contribution is -2.14. The lowest BCUT2D eigenvalue weighted by molar-refractivity contribution is -0.113. The number of carbonyl (C=O) groups excluding carboxylic acids is 1. The van der Waals surface area contributed by atoms with Crippen LogP contribution in [0.4, 0.5) is 5.69 Å². The molecule has 0 radical (unpaired) electrons. The van der Waals surface area contributed by atoms with E-state index in [1.165, 1.54) is 29.4 Å². The van der Waals surface area contributed by atoms with Crippen molar-refractivity contribution >= 4 is 23.4 Å². The molecule has 0 saturated carbocycles. The largest absolute Gasteiger partial charge is 0.325 e. The van der Waals surface area contributed by atoms with E-state index in [0.29, 0.717) is 0 Å². The first-order chi connectivity index (χ1) is 13.1. The SMILES string of the molecule is Cc1ccc(NC(=O)CSc2ccc(-n3nc4c(c3C)CCC4)nn2)cc1. The highest BCUT2D eigenvalue weighted by molar-refractivity contribution is 7.99. The molecule has 1 N–H and O–H groups in total. The Kier molecular flexibility index (Phi) is 4.94. The van der Waals surface area contributed by atoms with Gasteiger partial charge in [-0.15, -0.1) is 10.2 Å². The summed E-state index contributed by atoms with van der Waals surface area (Å²) < 4.78 is 1.87. The third-order valence-corrected chi connectivity index (χ3v) is 5.61. The van der Waals surface area contributed by atoms with Crippen LogP contribution in [0, 0.1) is 13.8 Å². The van der Waals surface area contributed by atoms with E-state index in [1.807, 2.05) is 48.0 Å². The average molecular weight is 379 g/mol. The molecule has 1 aromatic carbocycles. The number of hydrogen-bond acceptors (Lipinski definition) is 5. The molecule has 0 bridgehead atoms. The van der Waals surface area contributed by atoms with Gasteiger partial charge in [-0.25, -0.2) is 4.68 Å². The summed E-state index contributed by atoms with van der Waals surface area (Å²) in [4.78, 5) is 12.1. The Bertz CT molecular complexity index is 963. The van der Waals surface area contributed by atoms with Gasteiger partial charge in [0.2, 0.25) is 5.91 Å². The Morgan fingerprint density at radius 1 is 1.11 bits per heavy atom. The average Bonchev–Trinajstić information content (AvgIpc) is 3.26. The molecule has 6 nitrogen and oxygen atoms in total. The number of amides is 1. The van der Waals surface area contributed by atoms with Crippen LogP contribution in [-0.4, -0.2) is 31.6 Å². The number of carbonyl (C=O) groups is 1. The highest BCUT2D eigenvalue weighted by Crippen LogP contribution is 2.26. The Labute approximate surface area is 162 Å². The monoisotopic (exact) mass is 379 g/mol.